The smallest absolute Gasteiger partial charge is 0.162 e. The molecular formula is C99H60N6. The summed E-state index contributed by atoms with van der Waals surface area (Å²) in [4.78, 5) is 22.7. The van der Waals surface area contributed by atoms with Gasteiger partial charge in [-0.05, 0) is 183 Å². The molecule has 0 aliphatic heterocycles. The molecule has 0 radical (unpaired) electrons. The van der Waals surface area contributed by atoms with Gasteiger partial charge in [-0.25, -0.2) is 19.9 Å². The average Bonchev–Trinajstić information content (AvgIpc) is 1.51. The van der Waals surface area contributed by atoms with E-state index in [1.807, 2.05) is 0 Å². The Morgan fingerprint density at radius 1 is 0.219 bits per heavy atom. The molecule has 0 amide bonds. The van der Waals surface area contributed by atoms with E-state index in [1.165, 1.54) is 144 Å². The van der Waals surface area contributed by atoms with E-state index in [-0.39, 0.29) is 5.41 Å². The molecule has 4 heterocycles. The molecule has 19 aromatic rings. The summed E-state index contributed by atoms with van der Waals surface area (Å²) < 4.78 is 4.78. The van der Waals surface area contributed by atoms with E-state index < -0.39 is 10.8 Å². The standard InChI is InChI=1S/C99H60N6/c1-97(2)82-54-57(58-36-23-44-79-90(58)65-31-5-16-42-77(65)99(79)78-43-17-7-33-67(78)92-71(38-25-46-81(92)99)93-100-84-47-18-8-34-68(84)95(102-93)104-86-49-20-10-28-62(86)63-29-11-21-50-87(63)104)52-53-61(82)72-55-73-64-30-12-22-51-88(64)105(89(73)56-83(72)97)96-69-35-9-19-48-85(69)101-94(103-96)70-37-24-45-80-91(70)66-32-6-15-41-76(66)98(80)74-39-13-3-26-59(74)60-27-4-14-40-75(60)98/h3-56H,1-2H3. The van der Waals surface area contributed by atoms with Crippen molar-refractivity contribution in [3.63, 3.8) is 0 Å². The van der Waals surface area contributed by atoms with Crippen molar-refractivity contribution in [3.05, 3.63) is 383 Å². The van der Waals surface area contributed by atoms with Gasteiger partial charge in [0.25, 0.3) is 0 Å². The van der Waals surface area contributed by atoms with Gasteiger partial charge in [0, 0.05) is 48.9 Å². The summed E-state index contributed by atoms with van der Waals surface area (Å²) in [6.07, 6.45) is 0. The van der Waals surface area contributed by atoms with Gasteiger partial charge in [-0.3, -0.25) is 9.13 Å². The van der Waals surface area contributed by atoms with Crippen molar-refractivity contribution >= 4 is 65.4 Å². The fourth-order valence-electron chi connectivity index (χ4n) is 20.4. The first-order valence-corrected chi connectivity index (χ1v) is 36.5. The third kappa shape index (κ3) is 7.14. The molecule has 6 nitrogen and oxygen atoms in total. The number of fused-ring (bicyclic) bond motifs is 31. The first-order chi connectivity index (χ1) is 51.9. The Hall–Kier alpha value is -13.4. The van der Waals surface area contributed by atoms with Crippen LogP contribution in [0.25, 0.3) is 167 Å². The van der Waals surface area contributed by atoms with Gasteiger partial charge in [-0.1, -0.05) is 281 Å². The topological polar surface area (TPSA) is 61.4 Å². The van der Waals surface area contributed by atoms with E-state index >= 15 is 0 Å². The Morgan fingerprint density at radius 3 is 1.04 bits per heavy atom. The summed E-state index contributed by atoms with van der Waals surface area (Å²) in [7, 11) is 0. The van der Waals surface area contributed by atoms with E-state index in [0.717, 1.165) is 66.6 Å². The maximum Gasteiger partial charge on any atom is 0.162 e. The van der Waals surface area contributed by atoms with Crippen LogP contribution in [0, 0.1) is 0 Å². The predicted molar refractivity (Wildman–Crippen MR) is 428 cm³/mol. The Balaban J connectivity index is 0.658. The fourth-order valence-corrected chi connectivity index (χ4v) is 20.4. The van der Waals surface area contributed by atoms with Gasteiger partial charge in [-0.2, -0.15) is 0 Å². The molecule has 2 spiro atoms. The van der Waals surface area contributed by atoms with Crippen LogP contribution in [-0.4, -0.2) is 29.1 Å². The zero-order chi connectivity index (χ0) is 68.8. The molecule has 5 aliphatic carbocycles. The van der Waals surface area contributed by atoms with Crippen LogP contribution in [0.3, 0.4) is 0 Å². The summed E-state index contributed by atoms with van der Waals surface area (Å²) in [5.41, 5.74) is 34.4. The number of rotatable bonds is 5. The van der Waals surface area contributed by atoms with Crippen molar-refractivity contribution < 1.29 is 0 Å². The highest BCUT2D eigenvalue weighted by atomic mass is 15.1. The first-order valence-electron chi connectivity index (χ1n) is 36.5. The number of nitrogens with zero attached hydrogens (tertiary/aromatic N) is 6. The van der Waals surface area contributed by atoms with Crippen LogP contribution in [0.4, 0.5) is 0 Å². The quantitative estimate of drug-likeness (QED) is 0.172. The van der Waals surface area contributed by atoms with Crippen molar-refractivity contribution in [2.75, 3.05) is 0 Å². The molecule has 0 bridgehead atoms. The second kappa shape index (κ2) is 20.4. The summed E-state index contributed by atoms with van der Waals surface area (Å²) in [6.45, 7) is 4.85. The van der Waals surface area contributed by atoms with Crippen molar-refractivity contribution in [2.24, 2.45) is 0 Å². The van der Waals surface area contributed by atoms with Gasteiger partial charge in [0.1, 0.15) is 11.6 Å². The van der Waals surface area contributed by atoms with E-state index in [1.54, 1.807) is 0 Å². The molecular weight excluding hydrogens is 1270 g/mol. The van der Waals surface area contributed by atoms with Gasteiger partial charge in [-0.15, -0.1) is 0 Å². The van der Waals surface area contributed by atoms with Crippen LogP contribution in [0.1, 0.15) is 69.5 Å². The van der Waals surface area contributed by atoms with Crippen LogP contribution >= 0.6 is 0 Å². The van der Waals surface area contributed by atoms with Crippen molar-refractivity contribution in [2.45, 2.75) is 30.1 Å². The maximum atomic E-state index is 5.88. The Bertz CT molecular complexity index is 7060. The molecule has 4 aromatic heterocycles. The average molecular weight is 1330 g/mol. The third-order valence-corrected chi connectivity index (χ3v) is 24.6. The molecule has 0 saturated heterocycles. The third-order valence-electron chi connectivity index (χ3n) is 24.6. The second-order valence-electron chi connectivity index (χ2n) is 29.7. The Labute approximate surface area is 605 Å². The number of hydrogen-bond donors (Lipinski definition) is 0. The van der Waals surface area contributed by atoms with E-state index in [2.05, 4.69) is 351 Å². The van der Waals surface area contributed by atoms with E-state index in [4.69, 9.17) is 19.9 Å². The lowest BCUT2D eigenvalue weighted by atomic mass is 9.70. The second-order valence-corrected chi connectivity index (χ2v) is 29.7. The highest BCUT2D eigenvalue weighted by Crippen LogP contribution is 2.67. The number of para-hydroxylation sites is 5. The molecule has 5 aliphatic rings. The fraction of sp³-hybridized carbons (Fsp3) is 0.0505. The maximum absolute atomic E-state index is 5.88. The van der Waals surface area contributed by atoms with Crippen molar-refractivity contribution in [1.29, 1.82) is 0 Å². The van der Waals surface area contributed by atoms with Gasteiger partial charge in [0.2, 0.25) is 0 Å². The zero-order valence-electron chi connectivity index (χ0n) is 57.4. The van der Waals surface area contributed by atoms with Gasteiger partial charge in [0.05, 0.1) is 43.9 Å². The molecule has 0 N–H and O–H groups in total. The lowest BCUT2D eigenvalue weighted by Crippen LogP contribution is -2.25. The number of aromatic nitrogens is 6. The molecule has 0 fully saturated rings. The van der Waals surface area contributed by atoms with Crippen LogP contribution in [0.5, 0.6) is 0 Å². The minimum absolute atomic E-state index is 0.385. The summed E-state index contributed by atoms with van der Waals surface area (Å²) >= 11 is 0. The predicted octanol–water partition coefficient (Wildman–Crippen LogP) is 23.8. The molecule has 1 unspecified atom stereocenters. The minimum Gasteiger partial charge on any atom is -0.293 e. The molecule has 6 heteroatoms. The van der Waals surface area contributed by atoms with E-state index in [0.29, 0.717) is 11.6 Å². The van der Waals surface area contributed by atoms with Crippen LogP contribution in [0.2, 0.25) is 0 Å². The first kappa shape index (κ1) is 57.2. The molecule has 1 atom stereocenters. The summed E-state index contributed by atoms with van der Waals surface area (Å²) in [6, 6.07) is 122. The van der Waals surface area contributed by atoms with Gasteiger partial charge >= 0.3 is 0 Å². The van der Waals surface area contributed by atoms with Gasteiger partial charge < -0.3 is 0 Å². The lowest BCUT2D eigenvalue weighted by Gasteiger charge is -2.30. The zero-order valence-corrected chi connectivity index (χ0v) is 57.4. The molecule has 0 saturated carbocycles. The SMILES string of the molecule is CC1(C)c2cc(-c3cccc4c3-c3ccccc3C43c4ccccc4-c4c(-c5nc(-n6c7ccccc7c7ccccc76)c6ccccc6n5)cccc43)ccc2-c2cc3c4ccccc4n(-c4nc(-c5cccc6c5-c5ccccc5C65c6ccccc6-c6ccccc65)nc5ccccc45)c3cc21. The Kier molecular flexibility index (Phi) is 11.1. The minimum atomic E-state index is -0.633. The van der Waals surface area contributed by atoms with Crippen LogP contribution in [-0.2, 0) is 16.2 Å². The van der Waals surface area contributed by atoms with E-state index in [9.17, 15) is 0 Å². The van der Waals surface area contributed by atoms with Crippen LogP contribution in [0.15, 0.2) is 328 Å². The normalized spacial score (nSPS) is 15.3. The summed E-state index contributed by atoms with van der Waals surface area (Å²) in [5.74, 6) is 3.12. The number of hydrogen-bond acceptors (Lipinski definition) is 4. The van der Waals surface area contributed by atoms with Crippen molar-refractivity contribution in [1.82, 2.24) is 29.1 Å². The number of benzene rings is 15. The molecule has 15 aromatic carbocycles. The molecule has 486 valence electrons. The highest BCUT2D eigenvalue weighted by Gasteiger charge is 2.55. The molecule has 24 rings (SSSR count). The van der Waals surface area contributed by atoms with Gasteiger partial charge in [0.15, 0.2) is 11.6 Å². The summed E-state index contributed by atoms with van der Waals surface area (Å²) in [5, 5.41) is 6.75. The highest BCUT2D eigenvalue weighted by molar-refractivity contribution is 6.14. The Morgan fingerprint density at radius 2 is 0.552 bits per heavy atom. The van der Waals surface area contributed by atoms with Crippen LogP contribution < -0.4 is 0 Å². The van der Waals surface area contributed by atoms with Crippen molar-refractivity contribution in [3.8, 4) is 101 Å². The largest absolute Gasteiger partial charge is 0.293 e. The lowest BCUT2D eigenvalue weighted by molar-refractivity contribution is 0.661. The monoisotopic (exact) mass is 1330 g/mol. The molecule has 105 heavy (non-hydrogen) atoms.